The lowest BCUT2D eigenvalue weighted by atomic mass is 10.0. The SMILES string of the molecule is C#CCCc1ccc(N)c(CC)c1. The highest BCUT2D eigenvalue weighted by Gasteiger charge is 1.98. The zero-order chi connectivity index (χ0) is 9.68. The lowest BCUT2D eigenvalue weighted by molar-refractivity contribution is 1.02. The highest BCUT2D eigenvalue weighted by atomic mass is 14.6. The molecule has 1 rings (SSSR count). The fourth-order valence-electron chi connectivity index (χ4n) is 1.34. The van der Waals surface area contributed by atoms with Gasteiger partial charge in [-0.3, -0.25) is 0 Å². The molecule has 13 heavy (non-hydrogen) atoms. The molecule has 0 heterocycles. The topological polar surface area (TPSA) is 26.0 Å². The molecule has 0 saturated heterocycles. The summed E-state index contributed by atoms with van der Waals surface area (Å²) in [5, 5.41) is 0. The van der Waals surface area contributed by atoms with E-state index in [1.807, 2.05) is 12.1 Å². The molecule has 0 fully saturated rings. The van der Waals surface area contributed by atoms with Gasteiger partial charge in [-0.2, -0.15) is 0 Å². The number of nitrogens with two attached hydrogens (primary N) is 1. The molecule has 0 saturated carbocycles. The van der Waals surface area contributed by atoms with E-state index in [2.05, 4.69) is 18.9 Å². The first-order valence-corrected chi connectivity index (χ1v) is 4.58. The Morgan fingerprint density at radius 2 is 2.23 bits per heavy atom. The average Bonchev–Trinajstić information content (AvgIpc) is 2.16. The van der Waals surface area contributed by atoms with Gasteiger partial charge in [-0.05, 0) is 30.0 Å². The zero-order valence-corrected chi connectivity index (χ0v) is 8.01. The summed E-state index contributed by atoms with van der Waals surface area (Å²) < 4.78 is 0. The second-order valence-corrected chi connectivity index (χ2v) is 3.09. The number of nitrogen functional groups attached to an aromatic ring is 1. The summed E-state index contributed by atoms with van der Waals surface area (Å²) in [5.41, 5.74) is 9.17. The van der Waals surface area contributed by atoms with Gasteiger partial charge in [0.25, 0.3) is 0 Å². The third kappa shape index (κ3) is 2.52. The van der Waals surface area contributed by atoms with Gasteiger partial charge in [-0.25, -0.2) is 0 Å². The Balaban J connectivity index is 2.81. The van der Waals surface area contributed by atoms with E-state index in [1.165, 1.54) is 11.1 Å². The number of terminal acetylenes is 1. The van der Waals surface area contributed by atoms with Gasteiger partial charge in [0.05, 0.1) is 0 Å². The molecule has 0 bridgehead atoms. The van der Waals surface area contributed by atoms with E-state index in [0.717, 1.165) is 24.9 Å². The average molecular weight is 173 g/mol. The minimum Gasteiger partial charge on any atom is -0.399 e. The van der Waals surface area contributed by atoms with Crippen LogP contribution in [0.5, 0.6) is 0 Å². The largest absolute Gasteiger partial charge is 0.399 e. The fourth-order valence-corrected chi connectivity index (χ4v) is 1.34. The molecule has 2 N–H and O–H groups in total. The molecular formula is C12H15N. The molecule has 0 aliphatic heterocycles. The number of aryl methyl sites for hydroxylation is 2. The molecule has 1 aromatic rings. The minimum absolute atomic E-state index is 0.799. The van der Waals surface area contributed by atoms with Crippen LogP contribution in [0.1, 0.15) is 24.5 Å². The van der Waals surface area contributed by atoms with Crippen LogP contribution in [0.4, 0.5) is 5.69 Å². The van der Waals surface area contributed by atoms with E-state index in [9.17, 15) is 0 Å². The third-order valence-electron chi connectivity index (χ3n) is 2.15. The van der Waals surface area contributed by atoms with Gasteiger partial charge in [0.1, 0.15) is 0 Å². The fraction of sp³-hybridized carbons (Fsp3) is 0.333. The molecule has 0 spiro atoms. The Bertz CT molecular complexity index is 320. The Hall–Kier alpha value is -1.42. The van der Waals surface area contributed by atoms with Crippen molar-refractivity contribution < 1.29 is 0 Å². The van der Waals surface area contributed by atoms with Gasteiger partial charge >= 0.3 is 0 Å². The monoisotopic (exact) mass is 173 g/mol. The maximum absolute atomic E-state index is 5.79. The Kier molecular flexibility index (Phi) is 3.40. The van der Waals surface area contributed by atoms with Gasteiger partial charge < -0.3 is 5.73 Å². The molecule has 1 aromatic carbocycles. The Morgan fingerprint density at radius 1 is 1.46 bits per heavy atom. The molecule has 1 heteroatoms. The van der Waals surface area contributed by atoms with Crippen molar-refractivity contribution in [3.63, 3.8) is 0 Å². The molecule has 0 unspecified atom stereocenters. The first-order chi connectivity index (χ1) is 6.27. The smallest absolute Gasteiger partial charge is 0.0346 e. The number of hydrogen-bond donors (Lipinski definition) is 1. The molecule has 0 radical (unpaired) electrons. The van der Waals surface area contributed by atoms with E-state index in [4.69, 9.17) is 12.2 Å². The van der Waals surface area contributed by atoms with Crippen molar-refractivity contribution in [3.8, 4) is 12.3 Å². The van der Waals surface area contributed by atoms with Crippen molar-refractivity contribution in [1.82, 2.24) is 0 Å². The molecule has 1 nitrogen and oxygen atoms in total. The molecule has 0 aliphatic carbocycles. The maximum Gasteiger partial charge on any atom is 0.0346 e. The van der Waals surface area contributed by atoms with Crippen molar-refractivity contribution in [2.24, 2.45) is 0 Å². The summed E-state index contributed by atoms with van der Waals surface area (Å²) in [6.07, 6.45) is 7.93. The highest BCUT2D eigenvalue weighted by Crippen LogP contribution is 2.15. The van der Waals surface area contributed by atoms with Crippen molar-refractivity contribution >= 4 is 5.69 Å². The lowest BCUT2D eigenvalue weighted by Crippen LogP contribution is -1.94. The second kappa shape index (κ2) is 4.57. The van der Waals surface area contributed by atoms with E-state index >= 15 is 0 Å². The zero-order valence-electron chi connectivity index (χ0n) is 8.01. The van der Waals surface area contributed by atoms with Crippen LogP contribution in [0, 0.1) is 12.3 Å². The standard InChI is InChI=1S/C12H15N/c1-3-5-6-10-7-8-12(13)11(4-2)9-10/h1,7-9H,4-6,13H2,2H3. The highest BCUT2D eigenvalue weighted by molar-refractivity contribution is 5.48. The van der Waals surface area contributed by atoms with Crippen molar-refractivity contribution in [2.75, 3.05) is 5.73 Å². The first-order valence-electron chi connectivity index (χ1n) is 4.58. The molecular weight excluding hydrogens is 158 g/mol. The normalized spacial score (nSPS) is 9.54. The number of benzene rings is 1. The summed E-state index contributed by atoms with van der Waals surface area (Å²) in [4.78, 5) is 0. The number of anilines is 1. The van der Waals surface area contributed by atoms with E-state index in [0.29, 0.717) is 0 Å². The second-order valence-electron chi connectivity index (χ2n) is 3.09. The van der Waals surface area contributed by atoms with Crippen molar-refractivity contribution in [3.05, 3.63) is 29.3 Å². The van der Waals surface area contributed by atoms with Crippen molar-refractivity contribution in [1.29, 1.82) is 0 Å². The molecule has 0 aromatic heterocycles. The predicted octanol–water partition coefficient (Wildman–Crippen LogP) is 2.40. The molecule has 0 atom stereocenters. The van der Waals surface area contributed by atoms with Crippen LogP contribution in [0.25, 0.3) is 0 Å². The van der Waals surface area contributed by atoms with Gasteiger partial charge in [-0.1, -0.05) is 19.1 Å². The van der Waals surface area contributed by atoms with Gasteiger partial charge in [-0.15, -0.1) is 12.3 Å². The Morgan fingerprint density at radius 3 is 2.85 bits per heavy atom. The van der Waals surface area contributed by atoms with Crippen LogP contribution >= 0.6 is 0 Å². The quantitative estimate of drug-likeness (QED) is 0.551. The van der Waals surface area contributed by atoms with E-state index in [-0.39, 0.29) is 0 Å². The van der Waals surface area contributed by atoms with Gasteiger partial charge in [0.15, 0.2) is 0 Å². The van der Waals surface area contributed by atoms with Crippen LogP contribution in [0.2, 0.25) is 0 Å². The predicted molar refractivity (Wildman–Crippen MR) is 57.4 cm³/mol. The van der Waals surface area contributed by atoms with E-state index < -0.39 is 0 Å². The van der Waals surface area contributed by atoms with Crippen LogP contribution in [0.15, 0.2) is 18.2 Å². The Labute approximate surface area is 80.0 Å². The molecule has 0 aliphatic rings. The lowest BCUT2D eigenvalue weighted by Gasteiger charge is -2.05. The van der Waals surface area contributed by atoms with E-state index in [1.54, 1.807) is 0 Å². The van der Waals surface area contributed by atoms with Crippen molar-refractivity contribution in [2.45, 2.75) is 26.2 Å². The summed E-state index contributed by atoms with van der Waals surface area (Å²) in [6.45, 7) is 2.11. The number of rotatable bonds is 3. The summed E-state index contributed by atoms with van der Waals surface area (Å²) in [5.74, 6) is 2.64. The summed E-state index contributed by atoms with van der Waals surface area (Å²) in [6, 6.07) is 6.16. The maximum atomic E-state index is 5.79. The number of hydrogen-bond acceptors (Lipinski definition) is 1. The molecule has 0 amide bonds. The van der Waals surface area contributed by atoms with Crippen LogP contribution in [0.3, 0.4) is 0 Å². The molecule has 68 valence electrons. The van der Waals surface area contributed by atoms with Crippen LogP contribution < -0.4 is 5.73 Å². The van der Waals surface area contributed by atoms with Gasteiger partial charge in [0.2, 0.25) is 0 Å². The summed E-state index contributed by atoms with van der Waals surface area (Å²) in [7, 11) is 0. The third-order valence-corrected chi connectivity index (χ3v) is 2.15. The van der Waals surface area contributed by atoms with Crippen LogP contribution in [-0.2, 0) is 12.8 Å². The van der Waals surface area contributed by atoms with Gasteiger partial charge in [0, 0.05) is 12.1 Å². The minimum atomic E-state index is 0.799. The van der Waals surface area contributed by atoms with Crippen LogP contribution in [-0.4, -0.2) is 0 Å². The first kappa shape index (κ1) is 9.67. The summed E-state index contributed by atoms with van der Waals surface area (Å²) >= 11 is 0.